The van der Waals surface area contributed by atoms with Gasteiger partial charge in [0.05, 0.1) is 29.0 Å². The Bertz CT molecular complexity index is 7010. The van der Waals surface area contributed by atoms with Gasteiger partial charge in [0.2, 0.25) is 11.8 Å². The standard InChI is InChI=1S/2C28H30FN5O3.C26H30FN3O3.C24H26FN3O3/c1-16-15-30-32-24(16)33-11-12-34(28(5,6)26(33)36)25(35)22-14-21-23(37-22)19(27(2,3)4)13-20(31-21)17-7-9-18(29)10-8-17;1-16-13-23(32-31-16)33-11-12-34(28(5,6)26(33)36)25(35)22-15-21-24(37-22)19(27(2,3)4)14-20(30-21)17-7-9-18(29)10-8-17;1-5-7-16(6-2)19-14-20(17-8-10-18(27)11-9-17)29-21-15-22(33-23(19)21)24(31)30-13-12-28-25(32)26(30,3)4;1-5-14(2)17-12-18(15-6-8-16(25)9-7-15)27-19-13-20(31-21(17)19)22(29)28-11-10-26-23(30)24(28,3)4/h7-10,13-15H,11-12H2,1-6H3,(H,30,32);7-10,13-15H,11-12H2,1-6H3,(H,31,32);8-11,14-16H,5-7,12-13H2,1-4H3,(H,28,32);6-9,12-14H,5,10-11H2,1-4H3,(H,26,30)/t;;;14-/m...0/s1. The summed E-state index contributed by atoms with van der Waals surface area (Å²) in [7, 11) is 0. The summed E-state index contributed by atoms with van der Waals surface area (Å²) in [5.74, 6) is -1.32. The number of hydrogen-bond donors (Lipinski definition) is 4. The maximum absolute atomic E-state index is 13.7. The van der Waals surface area contributed by atoms with E-state index >= 15 is 0 Å². The Balaban J connectivity index is 0.000000140. The molecule has 14 aromatic rings. The molecule has 0 spiro atoms. The monoisotopic (exact) mass is 1880 g/mol. The maximum atomic E-state index is 13.7. The normalized spacial score (nSPS) is 16.4. The van der Waals surface area contributed by atoms with Crippen LogP contribution in [0.1, 0.15) is 238 Å². The van der Waals surface area contributed by atoms with Crippen LogP contribution in [0.25, 0.3) is 89.4 Å². The summed E-state index contributed by atoms with van der Waals surface area (Å²) in [4.78, 5) is 134. The summed E-state index contributed by atoms with van der Waals surface area (Å²) in [6.45, 7) is 41.3. The Morgan fingerprint density at radius 3 is 1.10 bits per heavy atom. The number of nitrogens with one attached hydrogen (secondary N) is 4. The van der Waals surface area contributed by atoms with E-state index in [1.54, 1.807) is 159 Å². The van der Waals surface area contributed by atoms with Crippen LogP contribution >= 0.6 is 0 Å². The molecule has 0 bridgehead atoms. The first-order chi connectivity index (χ1) is 65.2. The molecule has 4 aromatic carbocycles. The number of hydrogen-bond acceptors (Lipinski definition) is 18. The molecule has 8 amide bonds. The fraction of sp³-hybridized carbons (Fsp3) is 0.377. The van der Waals surface area contributed by atoms with E-state index in [0.717, 1.165) is 81.4 Å². The molecule has 4 saturated heterocycles. The van der Waals surface area contributed by atoms with Crippen LogP contribution in [-0.4, -0.2) is 182 Å². The van der Waals surface area contributed by atoms with Gasteiger partial charge in [-0.05, 0) is 232 Å². The number of pyridine rings is 4. The van der Waals surface area contributed by atoms with Gasteiger partial charge in [0.25, 0.3) is 35.4 Å². The number of piperazine rings is 4. The zero-order chi connectivity index (χ0) is 99.5. The molecular formula is C106H116F4N16O12. The number of anilines is 2. The van der Waals surface area contributed by atoms with E-state index in [4.69, 9.17) is 32.6 Å². The highest BCUT2D eigenvalue weighted by molar-refractivity contribution is 6.08. The summed E-state index contributed by atoms with van der Waals surface area (Å²) >= 11 is 0. The number of halogens is 4. The predicted molar refractivity (Wildman–Crippen MR) is 519 cm³/mol. The first kappa shape index (κ1) is 98.1. The quantitative estimate of drug-likeness (QED) is 0.0653. The van der Waals surface area contributed by atoms with Gasteiger partial charge in [-0.25, -0.2) is 37.5 Å². The molecule has 0 radical (unpaired) electrons. The van der Waals surface area contributed by atoms with E-state index in [1.807, 2.05) is 44.2 Å². The Hall–Kier alpha value is -14.5. The summed E-state index contributed by atoms with van der Waals surface area (Å²) in [6, 6.07) is 40.8. The van der Waals surface area contributed by atoms with Crippen LogP contribution in [0.2, 0.25) is 0 Å². The van der Waals surface area contributed by atoms with Gasteiger partial charge in [0, 0.05) is 138 Å². The third kappa shape index (κ3) is 19.4. The molecule has 14 heterocycles. The van der Waals surface area contributed by atoms with E-state index in [2.05, 4.69) is 105 Å². The number of carbonyl (C=O) groups is 8. The van der Waals surface area contributed by atoms with E-state index in [0.29, 0.717) is 131 Å². The molecule has 138 heavy (non-hydrogen) atoms. The van der Waals surface area contributed by atoms with Crippen LogP contribution in [0, 0.1) is 37.1 Å². The fourth-order valence-electron chi connectivity index (χ4n) is 18.0. The number of aromatic amines is 2. The van der Waals surface area contributed by atoms with Crippen LogP contribution in [0.15, 0.2) is 176 Å². The molecule has 10 aromatic heterocycles. The summed E-state index contributed by atoms with van der Waals surface area (Å²) in [5.41, 5.74) is 10.9. The Morgan fingerprint density at radius 2 is 0.761 bits per heavy atom. The topological polar surface area (TPSA) is 342 Å². The van der Waals surface area contributed by atoms with Crippen molar-refractivity contribution < 1.29 is 73.6 Å². The number of amides is 8. The van der Waals surface area contributed by atoms with Crippen LogP contribution in [0.4, 0.5) is 29.2 Å². The van der Waals surface area contributed by atoms with Gasteiger partial charge < -0.3 is 47.9 Å². The predicted octanol–water partition coefficient (Wildman–Crippen LogP) is 20.2. The molecule has 1 unspecified atom stereocenters. The van der Waals surface area contributed by atoms with Crippen LogP contribution in [0.5, 0.6) is 0 Å². The highest BCUT2D eigenvalue weighted by Gasteiger charge is 2.50. The highest BCUT2D eigenvalue weighted by Crippen LogP contribution is 2.43. The van der Waals surface area contributed by atoms with Gasteiger partial charge in [-0.3, -0.25) is 58.4 Å². The number of rotatable bonds is 16. The minimum Gasteiger partial charge on any atom is -0.449 e. The minimum absolute atomic E-state index is 0.120. The molecule has 4 N–H and O–H groups in total. The van der Waals surface area contributed by atoms with E-state index in [-0.39, 0.29) is 116 Å². The zero-order valence-electron chi connectivity index (χ0n) is 81.4. The molecule has 2 atom stereocenters. The third-order valence-corrected chi connectivity index (χ3v) is 26.4. The lowest BCUT2D eigenvalue weighted by atomic mass is 9.86. The largest absolute Gasteiger partial charge is 0.449 e. The lowest BCUT2D eigenvalue weighted by molar-refractivity contribution is -0.133. The molecule has 32 heteroatoms. The molecule has 720 valence electrons. The molecule has 0 saturated carbocycles. The number of furan rings is 4. The van der Waals surface area contributed by atoms with Crippen molar-refractivity contribution in [3.05, 3.63) is 238 Å². The molecule has 4 aliphatic rings. The summed E-state index contributed by atoms with van der Waals surface area (Å²) in [6.07, 6.45) is 5.45. The van der Waals surface area contributed by atoms with Gasteiger partial charge in [-0.1, -0.05) is 75.7 Å². The SMILES string of the molecule is CCCC(CC)c1cc(-c2ccc(F)cc2)nc2cc(C(=O)N3CCNC(=O)C3(C)C)oc12.CC[C@H](C)c1cc(-c2ccc(F)cc2)nc2cc(C(=O)N3CCNC(=O)C3(C)C)oc12.Cc1cc(N2CCN(C(=O)c3cc4nc(-c5ccc(F)cc5)cc(C(C)(C)C)c4o3)C(C)(C)C2=O)n[nH]1.Cc1cn[nH]c1N1CCN(C(=O)c2cc3nc(-c4ccc(F)cc4)cc(C(C)(C)C)c3o2)C(C)(C)C1=O. The minimum atomic E-state index is -1.11. The van der Waals surface area contributed by atoms with Crippen molar-refractivity contribution in [2.45, 2.75) is 209 Å². The highest BCUT2D eigenvalue weighted by atomic mass is 19.1. The Labute approximate surface area is 797 Å². The Kier molecular flexibility index (Phi) is 27.2. The number of carbonyl (C=O) groups excluding carboxylic acids is 8. The van der Waals surface area contributed by atoms with Crippen molar-refractivity contribution in [3.63, 3.8) is 0 Å². The molecule has 4 aliphatic heterocycles. The number of benzene rings is 4. The van der Waals surface area contributed by atoms with Crippen molar-refractivity contribution in [1.82, 2.24) is 70.6 Å². The third-order valence-electron chi connectivity index (χ3n) is 26.4. The van der Waals surface area contributed by atoms with Crippen molar-refractivity contribution in [3.8, 4) is 45.0 Å². The van der Waals surface area contributed by atoms with Crippen LogP contribution in [-0.2, 0) is 30.0 Å². The average molecular weight is 1880 g/mol. The molecule has 0 aliphatic carbocycles. The zero-order valence-corrected chi connectivity index (χ0v) is 81.4. The lowest BCUT2D eigenvalue weighted by Gasteiger charge is -2.45. The number of nitrogens with zero attached hydrogens (tertiary/aromatic N) is 12. The second-order valence-corrected chi connectivity index (χ2v) is 39.6. The molecular weight excluding hydrogens is 1770 g/mol. The first-order valence-electron chi connectivity index (χ1n) is 46.5. The van der Waals surface area contributed by atoms with E-state index in [1.165, 1.54) is 53.4 Å². The number of aromatic nitrogens is 8. The van der Waals surface area contributed by atoms with Crippen molar-refractivity contribution >= 4 is 103 Å². The number of aryl methyl sites for hydroxylation is 2. The van der Waals surface area contributed by atoms with Crippen LogP contribution < -0.4 is 20.4 Å². The van der Waals surface area contributed by atoms with Gasteiger partial charge in [-0.2, -0.15) is 10.2 Å². The summed E-state index contributed by atoms with van der Waals surface area (Å²) in [5, 5.41) is 19.6. The van der Waals surface area contributed by atoms with Gasteiger partial charge >= 0.3 is 0 Å². The molecule has 18 rings (SSSR count). The fourth-order valence-corrected chi connectivity index (χ4v) is 18.0. The van der Waals surface area contributed by atoms with E-state index < -0.39 is 22.2 Å². The lowest BCUT2D eigenvalue weighted by Crippen LogP contribution is -2.65. The van der Waals surface area contributed by atoms with Gasteiger partial charge in [0.15, 0.2) is 51.2 Å². The smallest absolute Gasteiger partial charge is 0.290 e. The van der Waals surface area contributed by atoms with Crippen molar-refractivity contribution in [2.24, 2.45) is 0 Å². The second-order valence-electron chi connectivity index (χ2n) is 39.6. The van der Waals surface area contributed by atoms with Gasteiger partial charge in [-0.15, -0.1) is 0 Å². The van der Waals surface area contributed by atoms with E-state index in [9.17, 15) is 55.9 Å². The first-order valence-corrected chi connectivity index (χ1v) is 46.5. The Morgan fingerprint density at radius 1 is 0.420 bits per heavy atom. The second kappa shape index (κ2) is 38.3. The molecule has 28 nitrogen and oxygen atoms in total. The number of H-pyrrole nitrogens is 2. The van der Waals surface area contributed by atoms with Crippen LogP contribution in [0.3, 0.4) is 0 Å². The van der Waals surface area contributed by atoms with Gasteiger partial charge in [0.1, 0.15) is 73.3 Å². The van der Waals surface area contributed by atoms with Crippen molar-refractivity contribution in [2.75, 3.05) is 62.2 Å². The summed E-state index contributed by atoms with van der Waals surface area (Å²) < 4.78 is 78.3. The maximum Gasteiger partial charge on any atom is 0.290 e. The average Bonchev–Trinajstić information content (AvgIpc) is 1.20. The number of fused-ring (bicyclic) bond motifs is 4. The molecule has 4 fully saturated rings. The van der Waals surface area contributed by atoms with Crippen molar-refractivity contribution in [1.29, 1.82) is 0 Å².